The molecule has 0 spiro atoms. The Hall–Kier alpha value is -0.400. The standard InChI is InChI=1S/C70H118N6O4/c1-5-25-47(26-6-1)75(48-27-7-2-8-28-48)51-33-21-23-45(43-51)61-62(46-24-22-34-52(44-46)76(49-29-9-3-10-30-49)50-31-11-4-12-32-50)64(68-72-54-36-14-18-40-58(54)78-68)66(70-74-56-38-16-20-42-60(56)80-70)65(69-73-55-37-15-19-41-59(55)79-69)63(61)67-71-53-35-13-17-39-57(53)77-67/h45-74H,1-44H2. The molecule has 4 heterocycles. The highest BCUT2D eigenvalue weighted by Gasteiger charge is 2.67. The summed E-state index contributed by atoms with van der Waals surface area (Å²) >= 11 is 0. The van der Waals surface area contributed by atoms with E-state index < -0.39 is 0 Å². The third-order valence-electron chi connectivity index (χ3n) is 27.0. The van der Waals surface area contributed by atoms with Crippen LogP contribution in [0.4, 0.5) is 0 Å². The molecule has 22 unspecified atom stereocenters. The molecule has 11 saturated carbocycles. The first-order chi connectivity index (χ1) is 39.7. The fraction of sp³-hybridized carbons (Fsp3) is 1.00. The van der Waals surface area contributed by atoms with Crippen LogP contribution in [0.5, 0.6) is 0 Å². The average Bonchev–Trinajstić information content (AvgIpc) is 4.45. The minimum absolute atomic E-state index is 0.00125. The Kier molecular flexibility index (Phi) is 18.1. The maximum atomic E-state index is 7.98. The molecule has 15 rings (SSSR count). The molecular formula is C70H118N6O4. The maximum Gasteiger partial charge on any atom is 0.112 e. The molecule has 15 fully saturated rings. The molecule has 15 aliphatic rings. The van der Waals surface area contributed by atoms with E-state index in [2.05, 4.69) is 31.1 Å². The van der Waals surface area contributed by atoms with Crippen molar-refractivity contribution in [3.8, 4) is 0 Å². The summed E-state index contributed by atoms with van der Waals surface area (Å²) < 4.78 is 31.7. The summed E-state index contributed by atoms with van der Waals surface area (Å²) in [7, 11) is 0. The highest BCUT2D eigenvalue weighted by molar-refractivity contribution is 5.14. The molecule has 4 saturated heterocycles. The lowest BCUT2D eigenvalue weighted by Crippen LogP contribution is -2.67. The highest BCUT2D eigenvalue weighted by Crippen LogP contribution is 2.63. The van der Waals surface area contributed by atoms with E-state index in [-0.39, 0.29) is 36.7 Å². The van der Waals surface area contributed by atoms with E-state index in [1.54, 1.807) is 0 Å². The summed E-state index contributed by atoms with van der Waals surface area (Å²) in [4.78, 5) is 6.68. The number of rotatable bonds is 12. The number of ether oxygens (including phenoxy) is 4. The Balaban J connectivity index is 0.896. The summed E-state index contributed by atoms with van der Waals surface area (Å²) in [6.45, 7) is 0. The first-order valence-electron chi connectivity index (χ1n) is 36.9. The second-order valence-electron chi connectivity index (χ2n) is 31.3. The van der Waals surface area contributed by atoms with Crippen molar-refractivity contribution in [1.82, 2.24) is 31.1 Å². The van der Waals surface area contributed by atoms with E-state index in [4.69, 9.17) is 18.9 Å². The zero-order valence-electron chi connectivity index (χ0n) is 50.7. The van der Waals surface area contributed by atoms with Gasteiger partial charge in [-0.05, 0) is 152 Å². The van der Waals surface area contributed by atoms with Gasteiger partial charge in [0.25, 0.3) is 0 Å². The summed E-state index contributed by atoms with van der Waals surface area (Å²) in [5.41, 5.74) is 0. The van der Waals surface area contributed by atoms with Crippen molar-refractivity contribution >= 4 is 0 Å². The van der Waals surface area contributed by atoms with Crippen LogP contribution in [-0.2, 0) is 18.9 Å². The topological polar surface area (TPSA) is 91.5 Å². The van der Waals surface area contributed by atoms with Gasteiger partial charge >= 0.3 is 0 Å². The lowest BCUT2D eigenvalue weighted by molar-refractivity contribution is -0.224. The average molecular weight is 1110 g/mol. The van der Waals surface area contributed by atoms with Crippen LogP contribution in [0, 0.1) is 47.3 Å². The molecule has 4 N–H and O–H groups in total. The van der Waals surface area contributed by atoms with Crippen molar-refractivity contribution < 1.29 is 18.9 Å². The van der Waals surface area contributed by atoms with Crippen molar-refractivity contribution in [2.24, 2.45) is 47.3 Å². The van der Waals surface area contributed by atoms with Crippen LogP contribution in [0.1, 0.15) is 283 Å². The Morgan fingerprint density at radius 2 is 0.450 bits per heavy atom. The van der Waals surface area contributed by atoms with Crippen LogP contribution in [-0.4, -0.2) is 120 Å². The van der Waals surface area contributed by atoms with Crippen LogP contribution in [0.2, 0.25) is 0 Å². The van der Waals surface area contributed by atoms with Gasteiger partial charge in [0.15, 0.2) is 0 Å². The normalized spacial score (nSPS) is 48.7. The third kappa shape index (κ3) is 11.4. The molecule has 0 aromatic rings. The van der Waals surface area contributed by atoms with Crippen molar-refractivity contribution in [2.75, 3.05) is 0 Å². The zero-order chi connectivity index (χ0) is 52.9. The van der Waals surface area contributed by atoms with Gasteiger partial charge in [0.05, 0.1) is 24.4 Å². The van der Waals surface area contributed by atoms with Gasteiger partial charge in [0.1, 0.15) is 24.9 Å². The first kappa shape index (κ1) is 56.1. The Morgan fingerprint density at radius 1 is 0.212 bits per heavy atom. The minimum Gasteiger partial charge on any atom is -0.358 e. The number of hydrogen-bond donors (Lipinski definition) is 4. The zero-order valence-corrected chi connectivity index (χ0v) is 50.7. The van der Waals surface area contributed by atoms with E-state index in [1.807, 2.05) is 0 Å². The minimum atomic E-state index is 0.00125. The molecule has 0 bridgehead atoms. The van der Waals surface area contributed by atoms with Gasteiger partial charge in [0, 0.05) is 84.1 Å². The van der Waals surface area contributed by atoms with Crippen LogP contribution in [0.25, 0.3) is 0 Å². The van der Waals surface area contributed by atoms with Crippen molar-refractivity contribution in [2.45, 2.75) is 392 Å². The van der Waals surface area contributed by atoms with E-state index in [0.29, 0.717) is 96.2 Å². The monoisotopic (exact) mass is 1110 g/mol. The van der Waals surface area contributed by atoms with Crippen molar-refractivity contribution in [1.29, 1.82) is 0 Å². The maximum absolute atomic E-state index is 7.98. The molecule has 0 amide bonds. The molecule has 11 aliphatic carbocycles. The molecule has 0 aromatic carbocycles. The first-order valence-corrected chi connectivity index (χ1v) is 36.9. The van der Waals surface area contributed by atoms with E-state index in [1.165, 1.54) is 283 Å². The summed E-state index contributed by atoms with van der Waals surface area (Å²) in [6, 6.07) is 6.44. The Morgan fingerprint density at radius 3 is 0.725 bits per heavy atom. The smallest absolute Gasteiger partial charge is 0.112 e. The largest absolute Gasteiger partial charge is 0.358 e. The number of hydrogen-bond acceptors (Lipinski definition) is 10. The molecule has 0 aromatic heterocycles. The van der Waals surface area contributed by atoms with Gasteiger partial charge in [-0.1, -0.05) is 154 Å². The van der Waals surface area contributed by atoms with Crippen LogP contribution < -0.4 is 21.3 Å². The molecule has 10 nitrogen and oxygen atoms in total. The Labute approximate surface area is 487 Å². The second kappa shape index (κ2) is 25.7. The quantitative estimate of drug-likeness (QED) is 0.151. The third-order valence-corrected chi connectivity index (χ3v) is 27.0. The SMILES string of the molecule is C1CCC(N(C2CCCCC2)C2CCCC(C3C(C4CCCC(N(C5CCCCC5)C5CCCCC5)C4)C(C4NC5CCCCC5O4)C(C4NC5CCCCC5O4)C(C4NC5CCCCC5O4)C3C3NC4CCCCC4O3)C2)CC1. The summed E-state index contributed by atoms with van der Waals surface area (Å²) in [5.74, 6) is 3.59. The van der Waals surface area contributed by atoms with E-state index >= 15 is 0 Å². The lowest BCUT2D eigenvalue weighted by atomic mass is 9.47. The van der Waals surface area contributed by atoms with Gasteiger partial charge in [-0.15, -0.1) is 0 Å². The molecule has 10 heteroatoms. The van der Waals surface area contributed by atoms with Gasteiger partial charge in [-0.2, -0.15) is 0 Å². The predicted octanol–water partition coefficient (Wildman–Crippen LogP) is 13.8. The highest BCUT2D eigenvalue weighted by atomic mass is 16.5. The van der Waals surface area contributed by atoms with E-state index in [0.717, 1.165) is 24.2 Å². The summed E-state index contributed by atoms with van der Waals surface area (Å²) in [5, 5.41) is 18.2. The molecule has 4 aliphatic heterocycles. The fourth-order valence-electron chi connectivity index (χ4n) is 23.7. The molecule has 452 valence electrons. The Bertz CT molecular complexity index is 1730. The van der Waals surface area contributed by atoms with Gasteiger partial charge in [0.2, 0.25) is 0 Å². The fourth-order valence-corrected chi connectivity index (χ4v) is 23.7. The molecule has 22 atom stereocenters. The summed E-state index contributed by atoms with van der Waals surface area (Å²) in [6.07, 6.45) is 62.0. The van der Waals surface area contributed by atoms with Crippen LogP contribution in [0.3, 0.4) is 0 Å². The van der Waals surface area contributed by atoms with Gasteiger partial charge in [-0.3, -0.25) is 31.1 Å². The van der Waals surface area contributed by atoms with Crippen molar-refractivity contribution in [3.05, 3.63) is 0 Å². The second-order valence-corrected chi connectivity index (χ2v) is 31.3. The lowest BCUT2D eigenvalue weighted by Gasteiger charge is -2.62. The predicted molar refractivity (Wildman–Crippen MR) is 320 cm³/mol. The van der Waals surface area contributed by atoms with Gasteiger partial charge < -0.3 is 18.9 Å². The molecular weight excluding hydrogens is 989 g/mol. The van der Waals surface area contributed by atoms with E-state index in [9.17, 15) is 0 Å². The molecule has 80 heavy (non-hydrogen) atoms. The van der Waals surface area contributed by atoms with Crippen LogP contribution >= 0.6 is 0 Å². The van der Waals surface area contributed by atoms with Crippen molar-refractivity contribution in [3.63, 3.8) is 0 Å². The van der Waals surface area contributed by atoms with Gasteiger partial charge in [-0.25, -0.2) is 0 Å². The number of fused-ring (bicyclic) bond motifs is 4. The molecule has 0 radical (unpaired) electrons. The number of nitrogens with one attached hydrogen (secondary N) is 4. The number of nitrogens with zero attached hydrogens (tertiary/aromatic N) is 2. The van der Waals surface area contributed by atoms with Crippen LogP contribution in [0.15, 0.2) is 0 Å².